The van der Waals surface area contributed by atoms with Gasteiger partial charge >= 0.3 is 0 Å². The monoisotopic (exact) mass is 238 g/mol. The maximum absolute atomic E-state index is 9.87. The van der Waals surface area contributed by atoms with E-state index in [-0.39, 0.29) is 5.92 Å². The number of aryl methyl sites for hydroxylation is 1. The highest BCUT2D eigenvalue weighted by Crippen LogP contribution is 2.27. The Balaban J connectivity index is 2.19. The number of aromatic hydroxyl groups is 1. The van der Waals surface area contributed by atoms with E-state index in [0.717, 1.165) is 5.56 Å². The minimum absolute atomic E-state index is 0.199. The third kappa shape index (κ3) is 3.01. The van der Waals surface area contributed by atoms with Gasteiger partial charge in [0.25, 0.3) is 0 Å². The van der Waals surface area contributed by atoms with E-state index in [0.29, 0.717) is 5.75 Å². The van der Waals surface area contributed by atoms with Crippen LogP contribution in [0.15, 0.2) is 54.6 Å². The molecule has 0 saturated carbocycles. The Bertz CT molecular complexity index is 541. The van der Waals surface area contributed by atoms with Crippen LogP contribution in [0.25, 0.3) is 6.08 Å². The van der Waals surface area contributed by atoms with Crippen LogP contribution in [-0.2, 0) is 0 Å². The van der Waals surface area contributed by atoms with Gasteiger partial charge in [0.15, 0.2) is 0 Å². The number of benzene rings is 2. The SMILES string of the molecule is Cc1ccc(O)c(C(C)/C=C/c2ccccc2)c1. The molecule has 1 atom stereocenters. The molecule has 1 heteroatoms. The van der Waals surface area contributed by atoms with Gasteiger partial charge in [0.1, 0.15) is 5.75 Å². The summed E-state index contributed by atoms with van der Waals surface area (Å²) in [6.07, 6.45) is 4.20. The molecule has 0 aromatic heterocycles. The molecule has 2 rings (SSSR count). The topological polar surface area (TPSA) is 20.2 Å². The Kier molecular flexibility index (Phi) is 3.83. The molecule has 0 aliphatic heterocycles. The lowest BCUT2D eigenvalue weighted by atomic mass is 9.97. The molecule has 2 aromatic rings. The summed E-state index contributed by atoms with van der Waals surface area (Å²) in [6.45, 7) is 4.13. The van der Waals surface area contributed by atoms with Gasteiger partial charge in [-0.05, 0) is 18.6 Å². The maximum Gasteiger partial charge on any atom is 0.119 e. The second-order valence-electron chi connectivity index (χ2n) is 4.62. The number of hydrogen-bond acceptors (Lipinski definition) is 1. The molecule has 0 saturated heterocycles. The molecule has 0 spiro atoms. The standard InChI is InChI=1S/C17H18O/c1-13-8-11-17(18)16(12-13)14(2)9-10-15-6-4-3-5-7-15/h3-12,14,18H,1-2H3/b10-9+. The van der Waals surface area contributed by atoms with Crippen LogP contribution in [0.1, 0.15) is 29.5 Å². The minimum atomic E-state index is 0.199. The van der Waals surface area contributed by atoms with Crippen molar-refractivity contribution in [2.24, 2.45) is 0 Å². The van der Waals surface area contributed by atoms with Crippen LogP contribution in [0.4, 0.5) is 0 Å². The van der Waals surface area contributed by atoms with Crippen LogP contribution in [0.5, 0.6) is 5.75 Å². The highest BCUT2D eigenvalue weighted by molar-refractivity contribution is 5.51. The molecular weight excluding hydrogens is 220 g/mol. The second-order valence-corrected chi connectivity index (χ2v) is 4.62. The van der Waals surface area contributed by atoms with Crippen molar-refractivity contribution < 1.29 is 5.11 Å². The largest absolute Gasteiger partial charge is 0.508 e. The third-order valence-corrected chi connectivity index (χ3v) is 3.05. The lowest BCUT2D eigenvalue weighted by molar-refractivity contribution is 0.466. The van der Waals surface area contributed by atoms with Crippen molar-refractivity contribution in [1.82, 2.24) is 0 Å². The van der Waals surface area contributed by atoms with E-state index in [1.54, 1.807) is 6.07 Å². The lowest BCUT2D eigenvalue weighted by Crippen LogP contribution is -1.91. The van der Waals surface area contributed by atoms with Gasteiger partial charge in [-0.1, -0.05) is 67.1 Å². The predicted octanol–water partition coefficient (Wildman–Crippen LogP) is 4.52. The molecule has 0 radical (unpaired) electrons. The molecule has 0 bridgehead atoms. The summed E-state index contributed by atoms with van der Waals surface area (Å²) >= 11 is 0. The fraction of sp³-hybridized carbons (Fsp3) is 0.176. The van der Waals surface area contributed by atoms with Crippen molar-refractivity contribution in [1.29, 1.82) is 0 Å². The predicted molar refractivity (Wildman–Crippen MR) is 76.7 cm³/mol. The van der Waals surface area contributed by atoms with E-state index in [9.17, 15) is 5.11 Å². The van der Waals surface area contributed by atoms with Crippen LogP contribution in [0, 0.1) is 6.92 Å². The Morgan fingerprint density at radius 2 is 1.78 bits per heavy atom. The molecular formula is C17H18O. The van der Waals surface area contributed by atoms with Crippen molar-refractivity contribution in [2.75, 3.05) is 0 Å². The van der Waals surface area contributed by atoms with Crippen LogP contribution >= 0.6 is 0 Å². The molecule has 1 unspecified atom stereocenters. The number of phenolic OH excluding ortho intramolecular Hbond substituents is 1. The van der Waals surface area contributed by atoms with Crippen molar-refractivity contribution in [3.05, 3.63) is 71.3 Å². The van der Waals surface area contributed by atoms with Crippen LogP contribution in [-0.4, -0.2) is 5.11 Å². The van der Waals surface area contributed by atoms with Gasteiger partial charge in [-0.15, -0.1) is 0 Å². The molecule has 1 nitrogen and oxygen atoms in total. The highest BCUT2D eigenvalue weighted by Gasteiger charge is 2.07. The first kappa shape index (κ1) is 12.4. The molecule has 1 N–H and O–H groups in total. The van der Waals surface area contributed by atoms with Gasteiger partial charge < -0.3 is 5.11 Å². The average Bonchev–Trinajstić information content (AvgIpc) is 2.40. The summed E-state index contributed by atoms with van der Waals surface area (Å²) in [7, 11) is 0. The zero-order valence-corrected chi connectivity index (χ0v) is 10.8. The smallest absolute Gasteiger partial charge is 0.119 e. The van der Waals surface area contributed by atoms with Crippen molar-refractivity contribution in [2.45, 2.75) is 19.8 Å². The molecule has 0 aliphatic rings. The molecule has 0 fully saturated rings. The molecule has 92 valence electrons. The van der Waals surface area contributed by atoms with E-state index < -0.39 is 0 Å². The zero-order valence-electron chi connectivity index (χ0n) is 10.8. The summed E-state index contributed by atoms with van der Waals surface area (Å²) in [5, 5.41) is 9.87. The van der Waals surface area contributed by atoms with Gasteiger partial charge in [-0.3, -0.25) is 0 Å². The Hall–Kier alpha value is -2.02. The van der Waals surface area contributed by atoms with Crippen LogP contribution in [0.2, 0.25) is 0 Å². The number of rotatable bonds is 3. The fourth-order valence-electron chi connectivity index (χ4n) is 1.96. The normalized spacial score (nSPS) is 12.8. The second kappa shape index (κ2) is 5.54. The first-order valence-corrected chi connectivity index (χ1v) is 6.19. The van der Waals surface area contributed by atoms with Gasteiger partial charge in [-0.2, -0.15) is 0 Å². The van der Waals surface area contributed by atoms with Crippen molar-refractivity contribution in [3.63, 3.8) is 0 Å². The quantitative estimate of drug-likeness (QED) is 0.833. The van der Waals surface area contributed by atoms with E-state index >= 15 is 0 Å². The van der Waals surface area contributed by atoms with Crippen molar-refractivity contribution in [3.8, 4) is 5.75 Å². The van der Waals surface area contributed by atoms with Gasteiger partial charge in [0, 0.05) is 11.5 Å². The molecule has 0 amide bonds. The first-order chi connectivity index (χ1) is 8.66. The number of phenols is 1. The van der Waals surface area contributed by atoms with Gasteiger partial charge in [0.2, 0.25) is 0 Å². The number of hydrogen-bond donors (Lipinski definition) is 1. The summed E-state index contributed by atoms with van der Waals surface area (Å²) in [6, 6.07) is 15.9. The maximum atomic E-state index is 9.87. The van der Waals surface area contributed by atoms with E-state index in [2.05, 4.69) is 31.2 Å². The summed E-state index contributed by atoms with van der Waals surface area (Å²) < 4.78 is 0. The summed E-state index contributed by atoms with van der Waals surface area (Å²) in [5.74, 6) is 0.566. The van der Waals surface area contributed by atoms with Gasteiger partial charge in [0.05, 0.1) is 0 Å². The fourth-order valence-corrected chi connectivity index (χ4v) is 1.96. The lowest BCUT2D eigenvalue weighted by Gasteiger charge is -2.10. The zero-order chi connectivity index (χ0) is 13.0. The van der Waals surface area contributed by atoms with E-state index in [1.807, 2.05) is 37.3 Å². The highest BCUT2D eigenvalue weighted by atomic mass is 16.3. The van der Waals surface area contributed by atoms with E-state index in [4.69, 9.17) is 0 Å². The van der Waals surface area contributed by atoms with Crippen LogP contribution in [0.3, 0.4) is 0 Å². The van der Waals surface area contributed by atoms with E-state index in [1.165, 1.54) is 11.1 Å². The summed E-state index contributed by atoms with van der Waals surface area (Å²) in [5.41, 5.74) is 3.32. The first-order valence-electron chi connectivity index (χ1n) is 6.19. The van der Waals surface area contributed by atoms with Crippen LogP contribution < -0.4 is 0 Å². The molecule has 0 heterocycles. The average molecular weight is 238 g/mol. The molecule has 0 aliphatic carbocycles. The minimum Gasteiger partial charge on any atom is -0.508 e. The third-order valence-electron chi connectivity index (χ3n) is 3.05. The Morgan fingerprint density at radius 1 is 1.06 bits per heavy atom. The Labute approximate surface area is 108 Å². The van der Waals surface area contributed by atoms with Gasteiger partial charge in [-0.25, -0.2) is 0 Å². The molecule has 2 aromatic carbocycles. The van der Waals surface area contributed by atoms with Crippen molar-refractivity contribution >= 4 is 6.08 Å². The molecule has 18 heavy (non-hydrogen) atoms. The number of allylic oxidation sites excluding steroid dienone is 1. The Morgan fingerprint density at radius 3 is 2.50 bits per heavy atom. The summed E-state index contributed by atoms with van der Waals surface area (Å²) in [4.78, 5) is 0.